The van der Waals surface area contributed by atoms with E-state index in [9.17, 15) is 0 Å². The molecule has 1 aromatic heterocycles. The van der Waals surface area contributed by atoms with Gasteiger partial charge >= 0.3 is 0 Å². The topological polar surface area (TPSA) is 41.6 Å². The van der Waals surface area contributed by atoms with Gasteiger partial charge in [-0.25, -0.2) is 4.98 Å². The lowest BCUT2D eigenvalue weighted by molar-refractivity contribution is 0.601. The maximum atomic E-state index is 8.83. The van der Waals surface area contributed by atoms with Crippen molar-refractivity contribution in [1.29, 1.82) is 5.26 Å². The van der Waals surface area contributed by atoms with E-state index >= 15 is 0 Å². The average Bonchev–Trinajstić information content (AvgIpc) is 2.90. The van der Waals surface area contributed by atoms with E-state index in [0.29, 0.717) is 16.9 Å². The zero-order chi connectivity index (χ0) is 12.5. The van der Waals surface area contributed by atoms with E-state index in [1.807, 2.05) is 48.6 Å². The van der Waals surface area contributed by atoms with Crippen molar-refractivity contribution in [2.24, 2.45) is 0 Å². The predicted octanol–water partition coefficient (Wildman–Crippen LogP) is 3.15. The molecule has 2 aromatic rings. The van der Waals surface area contributed by atoms with Crippen molar-refractivity contribution < 1.29 is 0 Å². The molecule has 1 aromatic carbocycles. The lowest BCUT2D eigenvalue weighted by Crippen LogP contribution is -2.20. The Bertz CT molecular complexity index is 594. The van der Waals surface area contributed by atoms with Crippen molar-refractivity contribution in [3.63, 3.8) is 0 Å². The van der Waals surface area contributed by atoms with Crippen LogP contribution in [-0.4, -0.2) is 15.3 Å². The van der Waals surface area contributed by atoms with Crippen LogP contribution in [-0.2, 0) is 0 Å². The Morgan fingerprint density at radius 3 is 2.89 bits per heavy atom. The molecule has 1 aliphatic rings. The summed E-state index contributed by atoms with van der Waals surface area (Å²) in [5, 5.41) is 9.33. The second-order valence-corrected chi connectivity index (χ2v) is 5.82. The summed E-state index contributed by atoms with van der Waals surface area (Å²) < 4.78 is 2.25. The van der Waals surface area contributed by atoms with E-state index in [2.05, 4.69) is 22.5 Å². The average molecular weight is 255 g/mol. The van der Waals surface area contributed by atoms with Gasteiger partial charge in [-0.3, -0.25) is 0 Å². The number of imidazole rings is 1. The molecule has 90 valence electrons. The first-order chi connectivity index (χ1) is 8.79. The Hall–Kier alpha value is -1.73. The van der Waals surface area contributed by atoms with Gasteiger partial charge in [-0.15, -0.1) is 11.8 Å². The summed E-state index contributed by atoms with van der Waals surface area (Å²) in [6.07, 6.45) is 3.86. The van der Waals surface area contributed by atoms with Crippen LogP contribution in [0.3, 0.4) is 0 Å². The number of nitriles is 1. The molecular weight excluding hydrogens is 242 g/mol. The second kappa shape index (κ2) is 4.51. The van der Waals surface area contributed by atoms with Crippen LogP contribution in [0.15, 0.2) is 36.8 Å². The number of hydrogen-bond donors (Lipinski definition) is 0. The van der Waals surface area contributed by atoms with Crippen molar-refractivity contribution in [3.8, 4) is 6.07 Å². The molecule has 0 fully saturated rings. The third-order valence-corrected chi connectivity index (χ3v) is 4.63. The number of hydrogen-bond acceptors (Lipinski definition) is 3. The fourth-order valence-electron chi connectivity index (χ4n) is 2.33. The Balaban J connectivity index is 1.99. The highest BCUT2D eigenvalue weighted by Crippen LogP contribution is 2.39. The maximum absolute atomic E-state index is 8.83. The first-order valence-electron chi connectivity index (χ1n) is 5.93. The molecule has 0 aliphatic carbocycles. The number of fused-ring (bicyclic) bond motifs is 1. The normalized spacial score (nSPS) is 22.2. The molecule has 2 atom stereocenters. The quantitative estimate of drug-likeness (QED) is 0.786. The van der Waals surface area contributed by atoms with E-state index in [4.69, 9.17) is 5.26 Å². The number of nitrogens with zero attached hydrogens (tertiary/aromatic N) is 3. The van der Waals surface area contributed by atoms with Gasteiger partial charge in [-0.05, 0) is 24.6 Å². The fraction of sp³-hybridized carbons (Fsp3) is 0.286. The largest absolute Gasteiger partial charge is 0.325 e. The molecule has 0 bridgehead atoms. The van der Waals surface area contributed by atoms with E-state index < -0.39 is 0 Å². The lowest BCUT2D eigenvalue weighted by atomic mass is 10.1. The first-order valence-corrected chi connectivity index (χ1v) is 6.98. The second-order valence-electron chi connectivity index (χ2n) is 4.45. The molecule has 0 radical (unpaired) electrons. The molecular formula is C14H13N3S. The first kappa shape index (κ1) is 11.4. The van der Waals surface area contributed by atoms with Crippen LogP contribution in [0.5, 0.6) is 0 Å². The molecule has 0 amide bonds. The number of benzene rings is 1. The van der Waals surface area contributed by atoms with Gasteiger partial charge in [-0.1, -0.05) is 12.1 Å². The monoisotopic (exact) mass is 255 g/mol. The molecule has 0 saturated heterocycles. The summed E-state index contributed by atoms with van der Waals surface area (Å²) in [7, 11) is 0. The molecule has 4 heteroatoms. The van der Waals surface area contributed by atoms with E-state index in [1.54, 1.807) is 0 Å². The van der Waals surface area contributed by atoms with Crippen LogP contribution in [0.1, 0.15) is 35.0 Å². The number of aromatic nitrogens is 2. The Morgan fingerprint density at radius 1 is 1.39 bits per heavy atom. The van der Waals surface area contributed by atoms with Crippen LogP contribution >= 0.6 is 11.8 Å². The molecule has 3 rings (SSSR count). The molecule has 2 unspecified atom stereocenters. The lowest BCUT2D eigenvalue weighted by Gasteiger charge is -2.29. The summed E-state index contributed by atoms with van der Waals surface area (Å²) in [6, 6.07) is 10.3. The van der Waals surface area contributed by atoms with Gasteiger partial charge in [0.15, 0.2) is 0 Å². The van der Waals surface area contributed by atoms with Crippen LogP contribution in [0, 0.1) is 11.3 Å². The molecule has 18 heavy (non-hydrogen) atoms. The molecule has 0 spiro atoms. The summed E-state index contributed by atoms with van der Waals surface area (Å²) in [4.78, 5) is 4.26. The minimum atomic E-state index is 0.330. The summed E-state index contributed by atoms with van der Waals surface area (Å²) in [6.45, 7) is 2.22. The highest BCUT2D eigenvalue weighted by Gasteiger charge is 2.25. The van der Waals surface area contributed by atoms with Crippen LogP contribution in [0.2, 0.25) is 0 Å². The van der Waals surface area contributed by atoms with Crippen molar-refractivity contribution in [1.82, 2.24) is 9.55 Å². The summed E-state index contributed by atoms with van der Waals surface area (Å²) >= 11 is 1.95. The predicted molar refractivity (Wildman–Crippen MR) is 72.4 cm³/mol. The van der Waals surface area contributed by atoms with Crippen molar-refractivity contribution in [2.75, 3.05) is 5.75 Å². The third kappa shape index (κ3) is 1.81. The third-order valence-electron chi connectivity index (χ3n) is 3.38. The molecule has 3 nitrogen and oxygen atoms in total. The highest BCUT2D eigenvalue weighted by molar-refractivity contribution is 7.99. The minimum absolute atomic E-state index is 0.330. The minimum Gasteiger partial charge on any atom is -0.325 e. The van der Waals surface area contributed by atoms with Gasteiger partial charge in [0, 0.05) is 17.2 Å². The van der Waals surface area contributed by atoms with Gasteiger partial charge < -0.3 is 4.57 Å². The van der Waals surface area contributed by atoms with Gasteiger partial charge in [0.05, 0.1) is 29.7 Å². The molecule has 0 N–H and O–H groups in total. The zero-order valence-corrected chi connectivity index (χ0v) is 10.9. The molecule has 2 heterocycles. The Labute approximate surface area is 110 Å². The van der Waals surface area contributed by atoms with Gasteiger partial charge in [0.2, 0.25) is 0 Å². The van der Waals surface area contributed by atoms with Crippen LogP contribution in [0.4, 0.5) is 0 Å². The fourth-order valence-corrected chi connectivity index (χ4v) is 3.51. The Morgan fingerprint density at radius 2 is 2.17 bits per heavy atom. The van der Waals surface area contributed by atoms with Crippen molar-refractivity contribution in [2.45, 2.75) is 18.2 Å². The molecule has 0 saturated carbocycles. The van der Waals surface area contributed by atoms with Crippen LogP contribution < -0.4 is 0 Å². The highest BCUT2D eigenvalue weighted by atomic mass is 32.2. The zero-order valence-electron chi connectivity index (χ0n) is 10.1. The summed E-state index contributed by atoms with van der Waals surface area (Å²) in [5.41, 5.74) is 3.23. The van der Waals surface area contributed by atoms with E-state index in [1.165, 1.54) is 11.3 Å². The maximum Gasteiger partial charge on any atom is 0.0991 e. The summed E-state index contributed by atoms with van der Waals surface area (Å²) in [5.74, 6) is 1.05. The Kier molecular flexibility index (Phi) is 2.85. The van der Waals surface area contributed by atoms with Gasteiger partial charge in [-0.2, -0.15) is 5.26 Å². The van der Waals surface area contributed by atoms with Gasteiger partial charge in [0.25, 0.3) is 0 Å². The van der Waals surface area contributed by atoms with Gasteiger partial charge in [0.1, 0.15) is 0 Å². The smallest absolute Gasteiger partial charge is 0.0991 e. The standard InChI is InChI=1S/C14H13N3S/c1-10-13-7-16-9-17(13)14(8-18-10)12-4-2-11(6-15)3-5-12/h2-5,7,9-10,14H,8H2,1H3. The molecule has 1 aliphatic heterocycles. The van der Waals surface area contributed by atoms with Crippen molar-refractivity contribution in [3.05, 3.63) is 53.6 Å². The SMILES string of the molecule is CC1SCC(c2ccc(C#N)cc2)n2cncc21. The number of thioether (sulfide) groups is 1. The van der Waals surface area contributed by atoms with Crippen molar-refractivity contribution >= 4 is 11.8 Å². The van der Waals surface area contributed by atoms with Crippen LogP contribution in [0.25, 0.3) is 0 Å². The number of rotatable bonds is 1. The van der Waals surface area contributed by atoms with E-state index in [-0.39, 0.29) is 0 Å². The van der Waals surface area contributed by atoms with E-state index in [0.717, 1.165) is 5.75 Å².